The van der Waals surface area contributed by atoms with E-state index in [9.17, 15) is 4.79 Å². The first-order valence-electron chi connectivity index (χ1n) is 6.58. The maximum Gasteiger partial charge on any atom is 0.251 e. The minimum absolute atomic E-state index is 0.0986. The maximum absolute atomic E-state index is 12.1. The van der Waals surface area contributed by atoms with Crippen LogP contribution in [0.1, 0.15) is 29.1 Å². The van der Waals surface area contributed by atoms with Crippen molar-refractivity contribution in [2.24, 2.45) is 0 Å². The Morgan fingerprint density at radius 3 is 2.50 bits per heavy atom. The molecule has 0 unspecified atom stereocenters. The van der Waals surface area contributed by atoms with Crippen molar-refractivity contribution in [1.29, 1.82) is 0 Å². The molecule has 2 aromatic carbocycles. The zero-order valence-electron chi connectivity index (χ0n) is 11.2. The highest BCUT2D eigenvalue weighted by atomic mass is 16.3. The molecule has 0 aliphatic heterocycles. The Morgan fingerprint density at radius 1 is 1.05 bits per heavy atom. The van der Waals surface area contributed by atoms with Crippen molar-refractivity contribution in [1.82, 2.24) is 5.32 Å². The van der Waals surface area contributed by atoms with Crippen LogP contribution in [0.25, 0.3) is 11.0 Å². The van der Waals surface area contributed by atoms with E-state index in [-0.39, 0.29) is 11.9 Å². The fourth-order valence-electron chi connectivity index (χ4n) is 2.16. The number of amides is 1. The first-order valence-corrected chi connectivity index (χ1v) is 6.58. The number of rotatable bonds is 3. The van der Waals surface area contributed by atoms with Crippen LogP contribution in [-0.2, 0) is 0 Å². The van der Waals surface area contributed by atoms with Crippen LogP contribution in [0.3, 0.4) is 0 Å². The second-order valence-electron chi connectivity index (χ2n) is 4.75. The van der Waals surface area contributed by atoms with Gasteiger partial charge in [-0.3, -0.25) is 4.79 Å². The lowest BCUT2D eigenvalue weighted by Gasteiger charge is -2.11. The fourth-order valence-corrected chi connectivity index (χ4v) is 2.16. The van der Waals surface area contributed by atoms with Crippen molar-refractivity contribution >= 4 is 16.9 Å². The highest BCUT2D eigenvalue weighted by Crippen LogP contribution is 2.23. The van der Waals surface area contributed by atoms with Crippen LogP contribution in [0, 0.1) is 0 Å². The molecule has 3 aromatic rings. The average molecular weight is 265 g/mol. The average Bonchev–Trinajstić information content (AvgIpc) is 2.92. The van der Waals surface area contributed by atoms with E-state index in [0.717, 1.165) is 16.7 Å². The van der Waals surface area contributed by atoms with Crippen LogP contribution in [0.5, 0.6) is 0 Å². The third-order valence-corrected chi connectivity index (χ3v) is 3.25. The van der Waals surface area contributed by atoms with Crippen molar-refractivity contribution < 1.29 is 9.21 Å². The van der Waals surface area contributed by atoms with Gasteiger partial charge in [-0.2, -0.15) is 0 Å². The van der Waals surface area contributed by atoms with Crippen molar-refractivity contribution in [3.05, 3.63) is 72.0 Å². The number of para-hydroxylation sites is 1. The normalized spacial score (nSPS) is 12.2. The molecule has 0 aliphatic rings. The van der Waals surface area contributed by atoms with E-state index >= 15 is 0 Å². The summed E-state index contributed by atoms with van der Waals surface area (Å²) in [5.41, 5.74) is 1.48. The molecule has 0 spiro atoms. The molecular weight excluding hydrogens is 250 g/mol. The Kier molecular flexibility index (Phi) is 3.25. The lowest BCUT2D eigenvalue weighted by molar-refractivity contribution is 0.0935. The van der Waals surface area contributed by atoms with Gasteiger partial charge >= 0.3 is 0 Å². The molecule has 1 heterocycles. The van der Waals surface area contributed by atoms with Gasteiger partial charge in [-0.25, -0.2) is 0 Å². The fraction of sp³-hybridized carbons (Fsp3) is 0.118. The van der Waals surface area contributed by atoms with Crippen molar-refractivity contribution in [3.63, 3.8) is 0 Å². The van der Waals surface area contributed by atoms with Crippen LogP contribution < -0.4 is 5.32 Å². The zero-order valence-corrected chi connectivity index (χ0v) is 11.2. The maximum atomic E-state index is 12.1. The van der Waals surface area contributed by atoms with Gasteiger partial charge in [-0.05, 0) is 31.2 Å². The van der Waals surface area contributed by atoms with Gasteiger partial charge in [0.25, 0.3) is 5.91 Å². The largest absolute Gasteiger partial charge is 0.459 e. The summed E-state index contributed by atoms with van der Waals surface area (Å²) in [5, 5.41) is 3.99. The van der Waals surface area contributed by atoms with E-state index in [1.54, 1.807) is 12.1 Å². The number of nitrogens with one attached hydrogen (secondary N) is 1. The van der Waals surface area contributed by atoms with Crippen LogP contribution in [0.2, 0.25) is 0 Å². The van der Waals surface area contributed by atoms with Gasteiger partial charge in [0.2, 0.25) is 0 Å². The second kappa shape index (κ2) is 5.21. The van der Waals surface area contributed by atoms with Crippen LogP contribution in [0.4, 0.5) is 0 Å². The summed E-state index contributed by atoms with van der Waals surface area (Å²) >= 11 is 0. The Bertz CT molecular complexity index is 698. The molecule has 0 bridgehead atoms. The lowest BCUT2D eigenvalue weighted by Crippen LogP contribution is -2.26. The third-order valence-electron chi connectivity index (χ3n) is 3.25. The lowest BCUT2D eigenvalue weighted by atomic mass is 10.2. The van der Waals surface area contributed by atoms with Crippen LogP contribution in [-0.4, -0.2) is 5.91 Å². The minimum atomic E-state index is -0.171. The molecule has 1 amide bonds. The van der Waals surface area contributed by atoms with E-state index in [1.165, 1.54) is 0 Å². The number of hydrogen-bond donors (Lipinski definition) is 1. The first-order chi connectivity index (χ1) is 9.74. The second-order valence-corrected chi connectivity index (χ2v) is 4.75. The van der Waals surface area contributed by atoms with Crippen LogP contribution in [0.15, 0.2) is 65.1 Å². The van der Waals surface area contributed by atoms with Crippen molar-refractivity contribution in [2.45, 2.75) is 13.0 Å². The minimum Gasteiger partial charge on any atom is -0.459 e. The van der Waals surface area contributed by atoms with Gasteiger partial charge in [-0.15, -0.1) is 0 Å². The standard InChI is InChI=1S/C17H15NO2/c1-12(18-17(19)13-7-3-2-4-8-13)16-11-14-9-5-6-10-15(14)20-16/h2-12H,1H3,(H,18,19)/t12-/m1/s1. The highest BCUT2D eigenvalue weighted by molar-refractivity contribution is 5.94. The summed E-state index contributed by atoms with van der Waals surface area (Å²) in [5.74, 6) is 0.661. The Morgan fingerprint density at radius 2 is 1.75 bits per heavy atom. The molecular formula is C17H15NO2. The molecule has 0 fully saturated rings. The Labute approximate surface area is 117 Å². The summed E-state index contributed by atoms with van der Waals surface area (Å²) < 4.78 is 5.75. The molecule has 1 atom stereocenters. The molecule has 0 saturated heterocycles. The molecule has 3 nitrogen and oxygen atoms in total. The van der Waals surface area contributed by atoms with Gasteiger partial charge in [0, 0.05) is 10.9 Å². The summed E-state index contributed by atoms with van der Waals surface area (Å²) in [6.07, 6.45) is 0. The topological polar surface area (TPSA) is 42.2 Å². The molecule has 100 valence electrons. The van der Waals surface area contributed by atoms with E-state index in [1.807, 2.05) is 55.5 Å². The molecule has 0 aliphatic carbocycles. The molecule has 1 aromatic heterocycles. The van der Waals surface area contributed by atoms with Crippen LogP contribution >= 0.6 is 0 Å². The number of carbonyl (C=O) groups is 1. The summed E-state index contributed by atoms with van der Waals surface area (Å²) in [7, 11) is 0. The van der Waals surface area contributed by atoms with Gasteiger partial charge in [0.1, 0.15) is 11.3 Å². The molecule has 1 N–H and O–H groups in total. The van der Waals surface area contributed by atoms with Crippen molar-refractivity contribution in [2.75, 3.05) is 0 Å². The smallest absolute Gasteiger partial charge is 0.251 e. The van der Waals surface area contributed by atoms with E-state index in [0.29, 0.717) is 5.56 Å². The van der Waals surface area contributed by atoms with Gasteiger partial charge in [-0.1, -0.05) is 36.4 Å². The Balaban J connectivity index is 1.79. The van der Waals surface area contributed by atoms with E-state index < -0.39 is 0 Å². The van der Waals surface area contributed by atoms with E-state index in [2.05, 4.69) is 5.32 Å². The number of hydrogen-bond acceptors (Lipinski definition) is 2. The number of furan rings is 1. The number of carbonyl (C=O) groups excluding carboxylic acids is 1. The summed E-state index contributed by atoms with van der Waals surface area (Å²) in [4.78, 5) is 12.1. The Hall–Kier alpha value is -2.55. The zero-order chi connectivity index (χ0) is 13.9. The predicted molar refractivity (Wildman–Crippen MR) is 78.5 cm³/mol. The molecule has 3 rings (SSSR count). The number of benzene rings is 2. The molecule has 0 radical (unpaired) electrons. The predicted octanol–water partition coefficient (Wildman–Crippen LogP) is 3.92. The highest BCUT2D eigenvalue weighted by Gasteiger charge is 2.14. The first kappa shape index (κ1) is 12.5. The SMILES string of the molecule is C[C@@H](NC(=O)c1ccccc1)c1cc2ccccc2o1. The van der Waals surface area contributed by atoms with Gasteiger partial charge in [0.15, 0.2) is 0 Å². The van der Waals surface area contributed by atoms with Crippen molar-refractivity contribution in [3.8, 4) is 0 Å². The summed E-state index contributed by atoms with van der Waals surface area (Å²) in [6.45, 7) is 1.92. The number of fused-ring (bicyclic) bond motifs is 1. The monoisotopic (exact) mass is 265 g/mol. The van der Waals surface area contributed by atoms with E-state index in [4.69, 9.17) is 4.42 Å². The molecule has 0 saturated carbocycles. The quantitative estimate of drug-likeness (QED) is 0.779. The third kappa shape index (κ3) is 2.43. The summed E-state index contributed by atoms with van der Waals surface area (Å²) in [6, 6.07) is 18.8. The molecule has 3 heteroatoms. The van der Waals surface area contributed by atoms with Gasteiger partial charge < -0.3 is 9.73 Å². The van der Waals surface area contributed by atoms with Gasteiger partial charge in [0.05, 0.1) is 6.04 Å². The molecule has 20 heavy (non-hydrogen) atoms.